The number of carbonyl (C=O) groups is 1. The van der Waals surface area contributed by atoms with E-state index in [0.29, 0.717) is 28.8 Å². The first-order chi connectivity index (χ1) is 14.7. The number of carbonyl (C=O) groups excluding carboxylic acids is 1. The van der Waals surface area contributed by atoms with Gasteiger partial charge in [-0.05, 0) is 55.5 Å². The molecule has 1 aromatic heterocycles. The van der Waals surface area contributed by atoms with Gasteiger partial charge in [-0.25, -0.2) is 0 Å². The first-order valence-corrected chi connectivity index (χ1v) is 11.0. The lowest BCUT2D eigenvalue weighted by atomic mass is 10.0. The summed E-state index contributed by atoms with van der Waals surface area (Å²) in [5, 5.41) is 4.72. The van der Waals surface area contributed by atoms with Gasteiger partial charge in [0, 0.05) is 22.7 Å². The third kappa shape index (κ3) is 4.57. The van der Waals surface area contributed by atoms with Gasteiger partial charge < -0.3 is 9.42 Å². The quantitative estimate of drug-likeness (QED) is 0.431. The normalized spacial score (nSPS) is 16.2. The van der Waals surface area contributed by atoms with Crippen molar-refractivity contribution in [3.8, 4) is 11.4 Å². The number of aromatic nitrogens is 2. The molecule has 6 heteroatoms. The van der Waals surface area contributed by atoms with E-state index in [0.717, 1.165) is 24.8 Å². The summed E-state index contributed by atoms with van der Waals surface area (Å²) in [6, 6.07) is 15.2. The van der Waals surface area contributed by atoms with Crippen molar-refractivity contribution in [2.45, 2.75) is 51.5 Å². The molecule has 1 atom stereocenters. The van der Waals surface area contributed by atoms with Gasteiger partial charge in [-0.1, -0.05) is 60.8 Å². The van der Waals surface area contributed by atoms with Gasteiger partial charge in [-0.3, -0.25) is 4.79 Å². The Hall–Kier alpha value is -2.66. The van der Waals surface area contributed by atoms with Crippen molar-refractivity contribution in [1.82, 2.24) is 15.0 Å². The number of amides is 1. The molecule has 1 unspecified atom stereocenters. The van der Waals surface area contributed by atoms with E-state index in [1.54, 1.807) is 12.1 Å². The summed E-state index contributed by atoms with van der Waals surface area (Å²) in [6.45, 7) is 2.90. The predicted molar refractivity (Wildman–Crippen MR) is 117 cm³/mol. The summed E-state index contributed by atoms with van der Waals surface area (Å²) in [6.07, 6.45) is 6.42. The van der Waals surface area contributed by atoms with Crippen LogP contribution in [0.25, 0.3) is 11.4 Å². The van der Waals surface area contributed by atoms with Crippen LogP contribution in [0.4, 0.5) is 0 Å². The second-order valence-electron chi connectivity index (χ2n) is 7.78. The van der Waals surface area contributed by atoms with Crippen LogP contribution in [-0.2, 0) is 6.42 Å². The molecule has 0 spiro atoms. The highest BCUT2D eigenvalue weighted by Gasteiger charge is 2.34. The maximum absolute atomic E-state index is 13.1. The van der Waals surface area contributed by atoms with E-state index in [9.17, 15) is 4.79 Å². The van der Waals surface area contributed by atoms with E-state index >= 15 is 0 Å². The summed E-state index contributed by atoms with van der Waals surface area (Å²) < 4.78 is 5.54. The molecule has 0 bridgehead atoms. The second-order valence-corrected chi connectivity index (χ2v) is 8.21. The number of unbranched alkanes of at least 4 members (excludes halogenated alkanes) is 2. The fourth-order valence-corrected chi connectivity index (χ4v) is 4.13. The standard InChI is InChI=1S/C24H26ClN3O2/c1-2-3-4-7-17-11-13-18(14-12-17)24(29)28-15-6-10-21(28)23-26-22(27-30-23)19-8-5-9-20(25)16-19/h5,8-9,11-14,16,21H,2-4,6-7,10,15H2,1H3. The SMILES string of the molecule is CCCCCc1ccc(C(=O)N2CCCC2c2nc(-c3cccc(Cl)c3)no2)cc1. The molecule has 156 valence electrons. The Morgan fingerprint density at radius 1 is 1.20 bits per heavy atom. The lowest BCUT2D eigenvalue weighted by Crippen LogP contribution is -2.30. The molecule has 2 aromatic carbocycles. The van der Waals surface area contributed by atoms with E-state index in [1.165, 1.54) is 24.8 Å². The van der Waals surface area contributed by atoms with E-state index in [1.807, 2.05) is 29.2 Å². The first kappa shape index (κ1) is 20.6. The average Bonchev–Trinajstić information content (AvgIpc) is 3.43. The average molecular weight is 424 g/mol. The van der Waals surface area contributed by atoms with Crippen molar-refractivity contribution < 1.29 is 9.32 Å². The third-order valence-electron chi connectivity index (χ3n) is 5.59. The van der Waals surface area contributed by atoms with Gasteiger partial charge in [0.2, 0.25) is 11.7 Å². The maximum Gasteiger partial charge on any atom is 0.254 e. The van der Waals surface area contributed by atoms with Crippen LogP contribution >= 0.6 is 11.6 Å². The minimum Gasteiger partial charge on any atom is -0.337 e. The lowest BCUT2D eigenvalue weighted by molar-refractivity contribution is 0.0710. The Labute approximate surface area is 182 Å². The number of benzene rings is 2. The maximum atomic E-state index is 13.1. The van der Waals surface area contributed by atoms with Crippen molar-refractivity contribution in [2.75, 3.05) is 6.54 Å². The smallest absolute Gasteiger partial charge is 0.254 e. The zero-order valence-corrected chi connectivity index (χ0v) is 17.9. The van der Waals surface area contributed by atoms with Gasteiger partial charge in [-0.2, -0.15) is 4.98 Å². The lowest BCUT2D eigenvalue weighted by Gasteiger charge is -2.22. The summed E-state index contributed by atoms with van der Waals surface area (Å²) in [4.78, 5) is 19.5. The zero-order valence-electron chi connectivity index (χ0n) is 17.2. The van der Waals surface area contributed by atoms with Gasteiger partial charge >= 0.3 is 0 Å². The van der Waals surface area contributed by atoms with Crippen molar-refractivity contribution in [3.05, 3.63) is 70.6 Å². The van der Waals surface area contributed by atoms with Gasteiger partial charge in [-0.15, -0.1) is 0 Å². The molecule has 5 nitrogen and oxygen atoms in total. The summed E-state index contributed by atoms with van der Waals surface area (Å²) in [5.74, 6) is 0.982. The molecule has 1 aliphatic rings. The number of hydrogen-bond acceptors (Lipinski definition) is 4. The van der Waals surface area contributed by atoms with Crippen molar-refractivity contribution in [2.24, 2.45) is 0 Å². The fraction of sp³-hybridized carbons (Fsp3) is 0.375. The predicted octanol–water partition coefficient (Wildman–Crippen LogP) is 6.10. The Bertz CT molecular complexity index is 1000. The van der Waals surface area contributed by atoms with Crippen molar-refractivity contribution >= 4 is 17.5 Å². The fourth-order valence-electron chi connectivity index (χ4n) is 3.94. The molecule has 0 saturated carbocycles. The van der Waals surface area contributed by atoms with Crippen LogP contribution in [0, 0.1) is 0 Å². The molecule has 1 aliphatic heterocycles. The largest absolute Gasteiger partial charge is 0.337 e. The van der Waals surface area contributed by atoms with Crippen LogP contribution in [-0.4, -0.2) is 27.5 Å². The van der Waals surface area contributed by atoms with E-state index in [4.69, 9.17) is 16.1 Å². The van der Waals surface area contributed by atoms with E-state index < -0.39 is 0 Å². The van der Waals surface area contributed by atoms with Crippen molar-refractivity contribution in [3.63, 3.8) is 0 Å². The highest BCUT2D eigenvalue weighted by molar-refractivity contribution is 6.30. The minimum absolute atomic E-state index is 0.0140. The van der Waals surface area contributed by atoms with Gasteiger partial charge in [0.05, 0.1) is 0 Å². The highest BCUT2D eigenvalue weighted by Crippen LogP contribution is 2.33. The summed E-state index contributed by atoms with van der Waals surface area (Å²) in [5.41, 5.74) is 2.78. The molecule has 1 amide bonds. The van der Waals surface area contributed by atoms with Crippen molar-refractivity contribution in [1.29, 1.82) is 0 Å². The zero-order chi connectivity index (χ0) is 20.9. The van der Waals surface area contributed by atoms with Crippen LogP contribution in [0.3, 0.4) is 0 Å². The van der Waals surface area contributed by atoms with Crippen LogP contribution in [0.5, 0.6) is 0 Å². The summed E-state index contributed by atoms with van der Waals surface area (Å²) in [7, 11) is 0. The van der Waals surface area contributed by atoms with Gasteiger partial charge in [0.25, 0.3) is 5.91 Å². The molecule has 1 saturated heterocycles. The number of hydrogen-bond donors (Lipinski definition) is 0. The van der Waals surface area contributed by atoms with E-state index in [-0.39, 0.29) is 11.9 Å². The molecular formula is C24H26ClN3O2. The van der Waals surface area contributed by atoms with E-state index in [2.05, 4.69) is 29.2 Å². The highest BCUT2D eigenvalue weighted by atomic mass is 35.5. The topological polar surface area (TPSA) is 59.2 Å². The molecule has 0 radical (unpaired) electrons. The van der Waals surface area contributed by atoms with Crippen LogP contribution in [0.2, 0.25) is 5.02 Å². The molecule has 3 aromatic rings. The molecule has 30 heavy (non-hydrogen) atoms. The number of rotatable bonds is 7. The number of nitrogens with zero attached hydrogens (tertiary/aromatic N) is 3. The van der Waals surface area contributed by atoms with Crippen LogP contribution < -0.4 is 0 Å². The minimum atomic E-state index is -0.192. The monoisotopic (exact) mass is 423 g/mol. The molecule has 4 rings (SSSR count). The first-order valence-electron chi connectivity index (χ1n) is 10.6. The van der Waals surface area contributed by atoms with Crippen LogP contribution in [0.1, 0.15) is 66.9 Å². The molecular weight excluding hydrogens is 398 g/mol. The van der Waals surface area contributed by atoms with Crippen LogP contribution in [0.15, 0.2) is 53.1 Å². The van der Waals surface area contributed by atoms with Gasteiger partial charge in [0.1, 0.15) is 6.04 Å². The third-order valence-corrected chi connectivity index (χ3v) is 5.83. The Balaban J connectivity index is 1.48. The Kier molecular flexibility index (Phi) is 6.48. The van der Waals surface area contributed by atoms with Gasteiger partial charge in [0.15, 0.2) is 0 Å². The molecule has 1 fully saturated rings. The number of likely N-dealkylation sites (tertiary alicyclic amines) is 1. The molecule has 0 N–H and O–H groups in total. The Morgan fingerprint density at radius 3 is 2.80 bits per heavy atom. The second kappa shape index (κ2) is 9.43. The summed E-state index contributed by atoms with van der Waals surface area (Å²) >= 11 is 6.07. The number of aryl methyl sites for hydroxylation is 1. The molecule has 0 aliphatic carbocycles. The molecule has 2 heterocycles. The Morgan fingerprint density at radius 2 is 2.03 bits per heavy atom. The number of halogens is 1.